The van der Waals surface area contributed by atoms with Crippen LogP contribution in [0.25, 0.3) is 10.9 Å². The zero-order valence-corrected chi connectivity index (χ0v) is 9.04. The van der Waals surface area contributed by atoms with E-state index in [1.807, 2.05) is 13.1 Å². The van der Waals surface area contributed by atoms with E-state index in [9.17, 15) is 9.90 Å². The van der Waals surface area contributed by atoms with Crippen molar-refractivity contribution < 1.29 is 14.6 Å². The van der Waals surface area contributed by atoms with Crippen molar-refractivity contribution in [2.24, 2.45) is 7.05 Å². The van der Waals surface area contributed by atoms with Crippen LogP contribution in [0.5, 0.6) is 0 Å². The fraction of sp³-hybridized carbons (Fsp3) is 0.273. The van der Waals surface area contributed by atoms with Crippen molar-refractivity contribution in [1.82, 2.24) is 9.78 Å². The van der Waals surface area contributed by atoms with E-state index in [0.717, 1.165) is 10.9 Å². The molecule has 1 N–H and O–H groups in total. The van der Waals surface area contributed by atoms with Gasteiger partial charge in [-0.05, 0) is 17.7 Å². The lowest BCUT2D eigenvalue weighted by Crippen LogP contribution is -2.13. The third kappa shape index (κ3) is 1.65. The maximum absolute atomic E-state index is 11.2. The van der Waals surface area contributed by atoms with E-state index >= 15 is 0 Å². The van der Waals surface area contributed by atoms with Crippen molar-refractivity contribution in [2.45, 2.75) is 6.10 Å². The van der Waals surface area contributed by atoms with Gasteiger partial charge in [-0.2, -0.15) is 5.10 Å². The van der Waals surface area contributed by atoms with Gasteiger partial charge in [0.2, 0.25) is 0 Å². The number of esters is 1. The van der Waals surface area contributed by atoms with Crippen molar-refractivity contribution in [2.75, 3.05) is 7.11 Å². The van der Waals surface area contributed by atoms with Gasteiger partial charge in [-0.15, -0.1) is 0 Å². The summed E-state index contributed by atoms with van der Waals surface area (Å²) < 4.78 is 6.20. The summed E-state index contributed by atoms with van der Waals surface area (Å²) in [4.78, 5) is 11.2. The van der Waals surface area contributed by atoms with Gasteiger partial charge in [0.15, 0.2) is 6.10 Å². The maximum Gasteiger partial charge on any atom is 0.339 e. The SMILES string of the molecule is COC(=O)C(O)c1ccc2c(cnn2C)c1. The van der Waals surface area contributed by atoms with Gasteiger partial charge in [0.25, 0.3) is 0 Å². The van der Waals surface area contributed by atoms with Crippen LogP contribution in [0, 0.1) is 0 Å². The molecule has 1 atom stereocenters. The predicted molar refractivity (Wildman–Crippen MR) is 57.7 cm³/mol. The van der Waals surface area contributed by atoms with E-state index in [-0.39, 0.29) is 0 Å². The topological polar surface area (TPSA) is 64.3 Å². The van der Waals surface area contributed by atoms with Gasteiger partial charge in [0.05, 0.1) is 18.8 Å². The van der Waals surface area contributed by atoms with E-state index in [1.165, 1.54) is 7.11 Å². The molecule has 0 saturated heterocycles. The molecule has 84 valence electrons. The van der Waals surface area contributed by atoms with Gasteiger partial charge in [-0.1, -0.05) is 6.07 Å². The van der Waals surface area contributed by atoms with E-state index in [4.69, 9.17) is 0 Å². The van der Waals surface area contributed by atoms with Gasteiger partial charge in [0.1, 0.15) is 0 Å². The first-order valence-electron chi connectivity index (χ1n) is 4.81. The number of aryl methyl sites for hydroxylation is 1. The van der Waals surface area contributed by atoms with E-state index in [1.54, 1.807) is 23.0 Å². The normalized spacial score (nSPS) is 12.7. The predicted octanol–water partition coefficient (Wildman–Crippen LogP) is 0.780. The van der Waals surface area contributed by atoms with Gasteiger partial charge in [0, 0.05) is 12.4 Å². The minimum Gasteiger partial charge on any atom is -0.467 e. The van der Waals surface area contributed by atoms with Crippen LogP contribution in [0.2, 0.25) is 0 Å². The van der Waals surface area contributed by atoms with Crippen LogP contribution in [0.4, 0.5) is 0 Å². The van der Waals surface area contributed by atoms with Gasteiger partial charge in [-0.25, -0.2) is 4.79 Å². The number of methoxy groups -OCH3 is 1. The minimum atomic E-state index is -1.24. The molecule has 0 fully saturated rings. The number of carbonyl (C=O) groups excluding carboxylic acids is 1. The molecule has 0 saturated carbocycles. The van der Waals surface area contributed by atoms with E-state index < -0.39 is 12.1 Å². The largest absolute Gasteiger partial charge is 0.467 e. The highest BCUT2D eigenvalue weighted by Gasteiger charge is 2.18. The number of nitrogens with zero attached hydrogens (tertiary/aromatic N) is 2. The van der Waals surface area contributed by atoms with Crippen LogP contribution in [0.1, 0.15) is 11.7 Å². The maximum atomic E-state index is 11.2. The number of ether oxygens (including phenoxy) is 1. The Hall–Kier alpha value is -1.88. The van der Waals surface area contributed by atoms with Crippen molar-refractivity contribution in [3.63, 3.8) is 0 Å². The molecule has 2 rings (SSSR count). The van der Waals surface area contributed by atoms with Gasteiger partial charge >= 0.3 is 5.97 Å². The quantitative estimate of drug-likeness (QED) is 0.759. The fourth-order valence-corrected chi connectivity index (χ4v) is 1.60. The number of hydrogen-bond donors (Lipinski definition) is 1. The molecule has 0 spiro atoms. The average Bonchev–Trinajstić information content (AvgIpc) is 2.68. The van der Waals surface area contributed by atoms with Crippen molar-refractivity contribution in [3.8, 4) is 0 Å². The summed E-state index contributed by atoms with van der Waals surface area (Å²) in [6.07, 6.45) is 0.442. The number of hydrogen-bond acceptors (Lipinski definition) is 4. The molecular formula is C11H12N2O3. The lowest BCUT2D eigenvalue weighted by atomic mass is 10.1. The molecule has 16 heavy (non-hydrogen) atoms. The number of carbonyl (C=O) groups is 1. The average molecular weight is 220 g/mol. The molecule has 1 heterocycles. The van der Waals surface area contributed by atoms with Crippen molar-refractivity contribution >= 4 is 16.9 Å². The first-order chi connectivity index (χ1) is 7.63. The summed E-state index contributed by atoms with van der Waals surface area (Å²) in [5.74, 6) is -0.664. The smallest absolute Gasteiger partial charge is 0.339 e. The number of aromatic nitrogens is 2. The summed E-state index contributed by atoms with van der Waals surface area (Å²) in [7, 11) is 3.08. The second kappa shape index (κ2) is 3.94. The third-order valence-electron chi connectivity index (χ3n) is 2.51. The number of fused-ring (bicyclic) bond motifs is 1. The van der Waals surface area contributed by atoms with Crippen LogP contribution < -0.4 is 0 Å². The molecule has 0 aliphatic carbocycles. The Balaban J connectivity index is 2.43. The standard InChI is InChI=1S/C11H12N2O3/c1-13-9-4-3-7(5-8(9)6-12-13)10(14)11(15)16-2/h3-6,10,14H,1-2H3. The summed E-state index contributed by atoms with van der Waals surface area (Å²) in [6.45, 7) is 0. The van der Waals surface area contributed by atoms with Crippen LogP contribution in [-0.4, -0.2) is 28.0 Å². The van der Waals surface area contributed by atoms with Crippen LogP contribution in [-0.2, 0) is 16.6 Å². The van der Waals surface area contributed by atoms with E-state index in [2.05, 4.69) is 9.84 Å². The highest BCUT2D eigenvalue weighted by atomic mass is 16.5. The Labute approximate surface area is 92.2 Å². The van der Waals surface area contributed by atoms with Gasteiger partial charge < -0.3 is 9.84 Å². The Bertz CT molecular complexity index is 533. The van der Waals surface area contributed by atoms with Crippen LogP contribution >= 0.6 is 0 Å². The van der Waals surface area contributed by atoms with Crippen molar-refractivity contribution in [1.29, 1.82) is 0 Å². The lowest BCUT2D eigenvalue weighted by molar-refractivity contribution is -0.150. The highest BCUT2D eigenvalue weighted by molar-refractivity contribution is 5.82. The number of aliphatic hydroxyl groups excluding tert-OH is 1. The molecule has 5 heteroatoms. The lowest BCUT2D eigenvalue weighted by Gasteiger charge is -2.08. The second-order valence-electron chi connectivity index (χ2n) is 3.51. The third-order valence-corrected chi connectivity index (χ3v) is 2.51. The molecule has 5 nitrogen and oxygen atoms in total. The summed E-state index contributed by atoms with van der Waals surface area (Å²) >= 11 is 0. The molecule has 1 aromatic carbocycles. The first kappa shape index (κ1) is 10.6. The van der Waals surface area contributed by atoms with Crippen LogP contribution in [0.15, 0.2) is 24.4 Å². The minimum absolute atomic E-state index is 0.507. The summed E-state index contributed by atoms with van der Waals surface area (Å²) in [6, 6.07) is 5.22. The molecule has 0 bridgehead atoms. The summed E-state index contributed by atoms with van der Waals surface area (Å²) in [5.41, 5.74) is 1.45. The molecule has 0 aliphatic rings. The molecule has 1 aromatic heterocycles. The molecule has 0 amide bonds. The highest BCUT2D eigenvalue weighted by Crippen LogP contribution is 2.20. The molecule has 2 aromatic rings. The Morgan fingerprint density at radius 1 is 1.56 bits per heavy atom. The van der Waals surface area contributed by atoms with Crippen molar-refractivity contribution in [3.05, 3.63) is 30.0 Å². The number of benzene rings is 1. The Morgan fingerprint density at radius 3 is 3.00 bits per heavy atom. The molecule has 1 unspecified atom stereocenters. The Kier molecular flexibility index (Phi) is 2.62. The van der Waals surface area contributed by atoms with Gasteiger partial charge in [-0.3, -0.25) is 4.68 Å². The monoisotopic (exact) mass is 220 g/mol. The molecular weight excluding hydrogens is 208 g/mol. The van der Waals surface area contributed by atoms with E-state index in [0.29, 0.717) is 5.56 Å². The van der Waals surface area contributed by atoms with Crippen LogP contribution in [0.3, 0.4) is 0 Å². The Morgan fingerprint density at radius 2 is 2.31 bits per heavy atom. The zero-order chi connectivity index (χ0) is 11.7. The molecule has 0 aliphatic heterocycles. The number of aliphatic hydroxyl groups is 1. The zero-order valence-electron chi connectivity index (χ0n) is 9.04. The molecule has 0 radical (unpaired) electrons. The number of rotatable bonds is 2. The second-order valence-corrected chi connectivity index (χ2v) is 3.51. The first-order valence-corrected chi connectivity index (χ1v) is 4.81. The summed E-state index contributed by atoms with van der Waals surface area (Å²) in [5, 5.41) is 14.6. The fourth-order valence-electron chi connectivity index (χ4n) is 1.60.